The number of nitrogens with one attached hydrogen (secondary N) is 1. The van der Waals surface area contributed by atoms with E-state index < -0.39 is 0 Å². The standard InChI is InChI=1S/C12H24N6O/c1-9(7-13)17(4)12(19)8-14-10(2)11(3)18-15-5-6-16-18/h5-6,9-11,14H,7-8,13H2,1-4H3/t9-,10?,11+/m0/s1. The SMILES string of the molecule is CC(NCC(=O)N(C)[C@@H](C)CN)[C@@H](C)n1nccn1. The minimum absolute atomic E-state index is 0.0328. The topological polar surface area (TPSA) is 89.1 Å². The zero-order valence-corrected chi connectivity index (χ0v) is 12.1. The normalized spacial score (nSPS) is 15.8. The zero-order chi connectivity index (χ0) is 14.4. The summed E-state index contributed by atoms with van der Waals surface area (Å²) in [5, 5.41) is 11.4. The van der Waals surface area contributed by atoms with Crippen LogP contribution in [0.1, 0.15) is 26.8 Å². The summed E-state index contributed by atoms with van der Waals surface area (Å²) >= 11 is 0. The van der Waals surface area contributed by atoms with E-state index in [-0.39, 0.29) is 30.6 Å². The van der Waals surface area contributed by atoms with Crippen LogP contribution in [0, 0.1) is 0 Å². The van der Waals surface area contributed by atoms with Gasteiger partial charge in [-0.1, -0.05) is 0 Å². The van der Waals surface area contributed by atoms with E-state index in [1.54, 1.807) is 29.1 Å². The lowest BCUT2D eigenvalue weighted by atomic mass is 10.2. The third-order valence-corrected chi connectivity index (χ3v) is 3.50. The molecular formula is C12H24N6O. The summed E-state index contributed by atoms with van der Waals surface area (Å²) in [7, 11) is 1.77. The molecule has 108 valence electrons. The first-order valence-electron chi connectivity index (χ1n) is 6.52. The highest BCUT2D eigenvalue weighted by molar-refractivity contribution is 5.78. The minimum Gasteiger partial charge on any atom is -0.341 e. The lowest BCUT2D eigenvalue weighted by molar-refractivity contribution is -0.130. The number of aromatic nitrogens is 3. The van der Waals surface area contributed by atoms with Crippen LogP contribution in [0.3, 0.4) is 0 Å². The van der Waals surface area contributed by atoms with Gasteiger partial charge in [-0.3, -0.25) is 4.79 Å². The van der Waals surface area contributed by atoms with Gasteiger partial charge in [0.25, 0.3) is 0 Å². The molecule has 1 rings (SSSR count). The first-order valence-corrected chi connectivity index (χ1v) is 6.52. The van der Waals surface area contributed by atoms with Crippen LogP contribution in [-0.4, -0.2) is 58.0 Å². The monoisotopic (exact) mass is 268 g/mol. The Morgan fingerprint density at radius 2 is 1.95 bits per heavy atom. The molecule has 0 fully saturated rings. The van der Waals surface area contributed by atoms with Crippen LogP contribution in [0.4, 0.5) is 0 Å². The Morgan fingerprint density at radius 3 is 2.47 bits per heavy atom. The number of hydrogen-bond donors (Lipinski definition) is 2. The van der Waals surface area contributed by atoms with E-state index in [1.807, 2.05) is 20.8 Å². The molecular weight excluding hydrogens is 244 g/mol. The second-order valence-corrected chi connectivity index (χ2v) is 4.85. The molecule has 0 aliphatic heterocycles. The summed E-state index contributed by atoms with van der Waals surface area (Å²) in [6.45, 7) is 6.69. The third-order valence-electron chi connectivity index (χ3n) is 3.50. The van der Waals surface area contributed by atoms with Gasteiger partial charge in [-0.05, 0) is 20.8 Å². The summed E-state index contributed by atoms with van der Waals surface area (Å²) in [6, 6.07) is 0.229. The summed E-state index contributed by atoms with van der Waals surface area (Å²) in [6.07, 6.45) is 3.29. The molecule has 0 bridgehead atoms. The van der Waals surface area contributed by atoms with E-state index in [9.17, 15) is 4.79 Å². The Hall–Kier alpha value is -1.47. The van der Waals surface area contributed by atoms with Gasteiger partial charge in [0.15, 0.2) is 0 Å². The Labute approximate surface area is 114 Å². The zero-order valence-electron chi connectivity index (χ0n) is 12.1. The summed E-state index contributed by atoms with van der Waals surface area (Å²) in [5.74, 6) is 0.0328. The van der Waals surface area contributed by atoms with Crippen LogP contribution < -0.4 is 11.1 Å². The van der Waals surface area contributed by atoms with Crippen molar-refractivity contribution < 1.29 is 4.79 Å². The molecule has 3 N–H and O–H groups in total. The van der Waals surface area contributed by atoms with E-state index in [1.165, 1.54) is 0 Å². The van der Waals surface area contributed by atoms with Crippen molar-refractivity contribution in [1.29, 1.82) is 0 Å². The van der Waals surface area contributed by atoms with Crippen LogP contribution in [0.5, 0.6) is 0 Å². The fraction of sp³-hybridized carbons (Fsp3) is 0.750. The number of rotatable bonds is 7. The van der Waals surface area contributed by atoms with E-state index in [2.05, 4.69) is 15.5 Å². The molecule has 1 heterocycles. The van der Waals surface area contributed by atoms with Gasteiger partial charge in [0.1, 0.15) is 0 Å². The highest BCUT2D eigenvalue weighted by Gasteiger charge is 2.18. The molecule has 0 saturated heterocycles. The highest BCUT2D eigenvalue weighted by atomic mass is 16.2. The van der Waals surface area contributed by atoms with Crippen LogP contribution >= 0.6 is 0 Å². The van der Waals surface area contributed by atoms with Gasteiger partial charge in [-0.15, -0.1) is 0 Å². The van der Waals surface area contributed by atoms with Gasteiger partial charge < -0.3 is 16.0 Å². The maximum absolute atomic E-state index is 11.9. The van der Waals surface area contributed by atoms with Crippen molar-refractivity contribution in [1.82, 2.24) is 25.2 Å². The van der Waals surface area contributed by atoms with Crippen molar-refractivity contribution in [2.24, 2.45) is 5.73 Å². The van der Waals surface area contributed by atoms with E-state index in [4.69, 9.17) is 5.73 Å². The van der Waals surface area contributed by atoms with Crippen LogP contribution in [-0.2, 0) is 4.79 Å². The molecule has 7 nitrogen and oxygen atoms in total. The van der Waals surface area contributed by atoms with Crippen molar-refractivity contribution in [2.45, 2.75) is 38.9 Å². The van der Waals surface area contributed by atoms with Crippen molar-refractivity contribution in [2.75, 3.05) is 20.1 Å². The predicted octanol–water partition coefficient (Wildman–Crippen LogP) is -0.377. The Bertz CT molecular complexity index is 380. The average Bonchev–Trinajstić information content (AvgIpc) is 2.95. The van der Waals surface area contributed by atoms with Crippen LogP contribution in [0.15, 0.2) is 12.4 Å². The molecule has 0 aliphatic rings. The Kier molecular flexibility index (Phi) is 5.91. The van der Waals surface area contributed by atoms with Crippen molar-refractivity contribution in [3.63, 3.8) is 0 Å². The van der Waals surface area contributed by atoms with Crippen molar-refractivity contribution in [3.8, 4) is 0 Å². The third kappa shape index (κ3) is 4.29. The summed E-state index contributed by atoms with van der Waals surface area (Å²) < 4.78 is 0. The molecule has 1 aromatic heterocycles. The number of carbonyl (C=O) groups excluding carboxylic acids is 1. The number of nitrogens with two attached hydrogens (primary N) is 1. The molecule has 0 saturated carbocycles. The molecule has 7 heteroatoms. The summed E-state index contributed by atoms with van der Waals surface area (Å²) in [4.78, 5) is 15.2. The fourth-order valence-corrected chi connectivity index (χ4v) is 1.58. The van der Waals surface area contributed by atoms with Gasteiger partial charge in [0, 0.05) is 25.7 Å². The lowest BCUT2D eigenvalue weighted by Gasteiger charge is -2.26. The lowest BCUT2D eigenvalue weighted by Crippen LogP contribution is -2.46. The van der Waals surface area contributed by atoms with E-state index in [0.717, 1.165) is 0 Å². The Balaban J connectivity index is 2.41. The number of likely N-dealkylation sites (N-methyl/N-ethyl adjacent to an activating group) is 1. The van der Waals surface area contributed by atoms with Crippen molar-refractivity contribution in [3.05, 3.63) is 12.4 Å². The predicted molar refractivity (Wildman–Crippen MR) is 73.5 cm³/mol. The maximum Gasteiger partial charge on any atom is 0.236 e. The maximum atomic E-state index is 11.9. The van der Waals surface area contributed by atoms with Crippen LogP contribution in [0.2, 0.25) is 0 Å². The molecule has 0 spiro atoms. The number of hydrogen-bond acceptors (Lipinski definition) is 5. The van der Waals surface area contributed by atoms with Crippen molar-refractivity contribution >= 4 is 5.91 Å². The van der Waals surface area contributed by atoms with E-state index in [0.29, 0.717) is 6.54 Å². The molecule has 1 unspecified atom stereocenters. The number of carbonyl (C=O) groups is 1. The highest BCUT2D eigenvalue weighted by Crippen LogP contribution is 2.06. The second kappa shape index (κ2) is 7.20. The smallest absolute Gasteiger partial charge is 0.236 e. The fourth-order valence-electron chi connectivity index (χ4n) is 1.58. The van der Waals surface area contributed by atoms with Gasteiger partial charge in [0.05, 0.1) is 25.0 Å². The van der Waals surface area contributed by atoms with Crippen LogP contribution in [0.25, 0.3) is 0 Å². The Morgan fingerprint density at radius 1 is 1.37 bits per heavy atom. The van der Waals surface area contributed by atoms with Gasteiger partial charge in [0.2, 0.25) is 5.91 Å². The van der Waals surface area contributed by atoms with Gasteiger partial charge >= 0.3 is 0 Å². The quantitative estimate of drug-likeness (QED) is 0.704. The van der Waals surface area contributed by atoms with Gasteiger partial charge in [-0.2, -0.15) is 15.0 Å². The minimum atomic E-state index is 0.0328. The molecule has 3 atom stereocenters. The molecule has 1 aromatic rings. The number of amides is 1. The first kappa shape index (κ1) is 15.6. The summed E-state index contributed by atoms with van der Waals surface area (Å²) in [5.41, 5.74) is 5.54. The first-order chi connectivity index (χ1) is 8.97. The van der Waals surface area contributed by atoms with Gasteiger partial charge in [-0.25, -0.2) is 0 Å². The molecule has 0 aromatic carbocycles. The largest absolute Gasteiger partial charge is 0.341 e. The molecule has 19 heavy (non-hydrogen) atoms. The molecule has 0 radical (unpaired) electrons. The molecule has 0 aliphatic carbocycles. The number of nitrogens with zero attached hydrogens (tertiary/aromatic N) is 4. The van der Waals surface area contributed by atoms with E-state index >= 15 is 0 Å². The second-order valence-electron chi connectivity index (χ2n) is 4.85. The average molecular weight is 268 g/mol. The molecule has 1 amide bonds.